The van der Waals surface area contributed by atoms with Gasteiger partial charge in [-0.2, -0.15) is 13.2 Å². The maximum atomic E-state index is 13.7. The van der Waals surface area contributed by atoms with Gasteiger partial charge in [-0.25, -0.2) is 9.37 Å². The van der Waals surface area contributed by atoms with E-state index in [-0.39, 0.29) is 35.5 Å². The third kappa shape index (κ3) is 4.04. The smallest absolute Gasteiger partial charge is 0.417 e. The van der Waals surface area contributed by atoms with E-state index in [1.807, 2.05) is 6.92 Å². The molecule has 2 fully saturated rings. The lowest BCUT2D eigenvalue weighted by Gasteiger charge is -2.20. The second-order valence-electron chi connectivity index (χ2n) is 9.67. The summed E-state index contributed by atoms with van der Waals surface area (Å²) in [6.45, 7) is 1.87. The quantitative estimate of drug-likeness (QED) is 0.358. The molecule has 0 radical (unpaired) electrons. The van der Waals surface area contributed by atoms with Crippen LogP contribution in [0.2, 0.25) is 0 Å². The molecule has 6 rings (SSSR count). The van der Waals surface area contributed by atoms with E-state index in [4.69, 9.17) is 4.74 Å². The average molecular weight is 498 g/mol. The molecule has 2 aliphatic rings. The molecule has 0 saturated heterocycles. The number of halogens is 4. The first kappa shape index (κ1) is 22.8. The highest BCUT2D eigenvalue weighted by Crippen LogP contribution is 2.61. The van der Waals surface area contributed by atoms with Crippen LogP contribution >= 0.6 is 0 Å². The third-order valence-electron chi connectivity index (χ3n) is 7.45. The topological polar surface area (TPSA) is 68.5 Å². The Bertz CT molecular complexity index is 1470. The molecule has 36 heavy (non-hydrogen) atoms. The van der Waals surface area contributed by atoms with Gasteiger partial charge in [-0.05, 0) is 67.0 Å². The van der Waals surface area contributed by atoms with E-state index in [0.29, 0.717) is 34.1 Å². The number of benzene rings is 1. The summed E-state index contributed by atoms with van der Waals surface area (Å²) >= 11 is 0. The number of imidazole rings is 1. The van der Waals surface area contributed by atoms with Gasteiger partial charge in [0, 0.05) is 23.7 Å². The fraction of sp³-hybridized carbons (Fsp3) is 0.346. The summed E-state index contributed by atoms with van der Waals surface area (Å²) in [5.74, 6) is 0.927. The Morgan fingerprint density at radius 3 is 2.67 bits per heavy atom. The second-order valence-corrected chi connectivity index (χ2v) is 9.67. The SMILES string of the molecule is CC(C(=O)Nc1cn2cc(C(F)(F)F)ccc2n1)C1[C@H]2CC(Oc3ccnc4ccc(F)cc34)C[C@@H]12. The molecule has 3 heterocycles. The molecule has 0 aliphatic heterocycles. The normalized spacial score (nSPS) is 24.0. The highest BCUT2D eigenvalue weighted by Gasteiger charge is 2.59. The van der Waals surface area contributed by atoms with E-state index in [1.54, 1.807) is 18.3 Å². The summed E-state index contributed by atoms with van der Waals surface area (Å²) in [5.41, 5.74) is 0.200. The van der Waals surface area contributed by atoms with Crippen molar-refractivity contribution < 1.29 is 27.1 Å². The molecule has 5 atom stereocenters. The van der Waals surface area contributed by atoms with Crippen LogP contribution in [0, 0.1) is 29.5 Å². The first-order valence-electron chi connectivity index (χ1n) is 11.7. The van der Waals surface area contributed by atoms with Crippen molar-refractivity contribution in [2.24, 2.45) is 23.7 Å². The van der Waals surface area contributed by atoms with Crippen molar-refractivity contribution in [1.29, 1.82) is 0 Å². The largest absolute Gasteiger partial charge is 0.490 e. The number of hydrogen-bond acceptors (Lipinski definition) is 4. The predicted octanol–water partition coefficient (Wildman–Crippen LogP) is 5.72. The summed E-state index contributed by atoms with van der Waals surface area (Å²) in [5, 5.41) is 3.39. The number of ether oxygens (including phenoxy) is 1. The van der Waals surface area contributed by atoms with E-state index in [9.17, 15) is 22.4 Å². The van der Waals surface area contributed by atoms with Crippen LogP contribution in [-0.2, 0) is 11.0 Å². The number of hydrogen-bond donors (Lipinski definition) is 1. The molecule has 2 aliphatic carbocycles. The van der Waals surface area contributed by atoms with Gasteiger partial charge in [0.15, 0.2) is 5.82 Å². The van der Waals surface area contributed by atoms with Gasteiger partial charge in [0.2, 0.25) is 5.91 Å². The van der Waals surface area contributed by atoms with Crippen molar-refractivity contribution in [1.82, 2.24) is 14.4 Å². The zero-order valence-corrected chi connectivity index (χ0v) is 19.2. The molecule has 10 heteroatoms. The lowest BCUT2D eigenvalue weighted by Crippen LogP contribution is -2.25. The maximum absolute atomic E-state index is 13.7. The highest BCUT2D eigenvalue weighted by atomic mass is 19.4. The van der Waals surface area contributed by atoms with Gasteiger partial charge in [-0.15, -0.1) is 0 Å². The van der Waals surface area contributed by atoms with Crippen molar-refractivity contribution in [2.45, 2.75) is 32.0 Å². The van der Waals surface area contributed by atoms with Crippen LogP contribution < -0.4 is 10.1 Å². The van der Waals surface area contributed by atoms with Crippen LogP contribution in [0.5, 0.6) is 5.75 Å². The van der Waals surface area contributed by atoms with Gasteiger partial charge < -0.3 is 14.5 Å². The van der Waals surface area contributed by atoms with Gasteiger partial charge in [0.05, 0.1) is 23.4 Å². The fourth-order valence-electron chi connectivity index (χ4n) is 5.69. The zero-order chi connectivity index (χ0) is 25.2. The molecule has 1 N–H and O–H groups in total. The Hall–Kier alpha value is -3.69. The van der Waals surface area contributed by atoms with E-state index in [2.05, 4.69) is 15.3 Å². The van der Waals surface area contributed by atoms with E-state index in [0.717, 1.165) is 25.1 Å². The minimum atomic E-state index is -4.46. The number of aromatic nitrogens is 3. The van der Waals surface area contributed by atoms with Crippen molar-refractivity contribution in [3.05, 3.63) is 66.4 Å². The summed E-state index contributed by atoms with van der Waals surface area (Å²) in [7, 11) is 0. The number of fused-ring (bicyclic) bond motifs is 3. The van der Waals surface area contributed by atoms with E-state index in [1.165, 1.54) is 28.8 Å². The average Bonchev–Trinajstić information content (AvgIpc) is 3.14. The first-order chi connectivity index (χ1) is 17.2. The van der Waals surface area contributed by atoms with Crippen LogP contribution in [0.3, 0.4) is 0 Å². The van der Waals surface area contributed by atoms with Gasteiger partial charge in [-0.1, -0.05) is 6.92 Å². The molecule has 1 aromatic carbocycles. The summed E-state index contributed by atoms with van der Waals surface area (Å²) in [6.07, 6.45) is 1.12. The molecule has 0 spiro atoms. The van der Waals surface area contributed by atoms with Crippen molar-refractivity contribution >= 4 is 28.3 Å². The van der Waals surface area contributed by atoms with Crippen molar-refractivity contribution in [2.75, 3.05) is 5.32 Å². The Morgan fingerprint density at radius 1 is 1.14 bits per heavy atom. The number of nitrogens with one attached hydrogen (secondary N) is 1. The Morgan fingerprint density at radius 2 is 1.92 bits per heavy atom. The molecular weight excluding hydrogens is 476 g/mol. The van der Waals surface area contributed by atoms with E-state index < -0.39 is 11.7 Å². The molecular formula is C26H22F4N4O2. The molecule has 6 nitrogen and oxygen atoms in total. The third-order valence-corrected chi connectivity index (χ3v) is 7.45. The van der Waals surface area contributed by atoms with Crippen LogP contribution in [-0.4, -0.2) is 26.4 Å². The van der Waals surface area contributed by atoms with Gasteiger partial charge in [0.25, 0.3) is 0 Å². The first-order valence-corrected chi connectivity index (χ1v) is 11.7. The number of carbonyl (C=O) groups excluding carboxylic acids is 1. The number of anilines is 1. The highest BCUT2D eigenvalue weighted by molar-refractivity contribution is 5.92. The Labute approximate surface area is 203 Å². The number of carbonyl (C=O) groups is 1. The molecule has 186 valence electrons. The predicted molar refractivity (Wildman–Crippen MR) is 124 cm³/mol. The standard InChI is InChI=1S/C26H22F4N4O2/c1-13(25(35)33-22-12-34-11-14(26(28,29)30)2-5-23(34)32-22)24-17-9-16(10-18(17)24)36-21-6-7-31-20-4-3-15(27)8-19(20)21/h2-8,11-13,16-18,24H,9-10H2,1H3,(H,33,35)/t13?,16?,17-,18+,24?. The number of rotatable bonds is 5. The lowest BCUT2D eigenvalue weighted by molar-refractivity contribution is -0.137. The monoisotopic (exact) mass is 498 g/mol. The van der Waals surface area contributed by atoms with Crippen LogP contribution in [0.15, 0.2) is 55.0 Å². The van der Waals surface area contributed by atoms with Gasteiger partial charge >= 0.3 is 6.18 Å². The Kier molecular flexibility index (Phi) is 5.17. The number of alkyl halides is 3. The van der Waals surface area contributed by atoms with Crippen molar-refractivity contribution in [3.63, 3.8) is 0 Å². The van der Waals surface area contributed by atoms with Crippen molar-refractivity contribution in [3.8, 4) is 5.75 Å². The second kappa shape index (κ2) is 8.18. The number of amides is 1. The minimum Gasteiger partial charge on any atom is -0.490 e. The summed E-state index contributed by atoms with van der Waals surface area (Å²) in [6, 6.07) is 8.39. The Balaban J connectivity index is 1.08. The summed E-state index contributed by atoms with van der Waals surface area (Å²) < 4.78 is 60.0. The molecule has 3 unspecified atom stereocenters. The van der Waals surface area contributed by atoms with Crippen LogP contribution in [0.4, 0.5) is 23.4 Å². The summed E-state index contributed by atoms with van der Waals surface area (Å²) in [4.78, 5) is 21.3. The van der Waals surface area contributed by atoms with Gasteiger partial charge in [0.1, 0.15) is 17.2 Å². The molecule has 4 aromatic rings. The molecule has 0 bridgehead atoms. The molecule has 3 aromatic heterocycles. The number of pyridine rings is 2. The van der Waals surface area contributed by atoms with Gasteiger partial charge in [-0.3, -0.25) is 9.78 Å². The number of nitrogens with zero attached hydrogens (tertiary/aromatic N) is 3. The zero-order valence-electron chi connectivity index (χ0n) is 19.2. The van der Waals surface area contributed by atoms with Crippen LogP contribution in [0.25, 0.3) is 16.6 Å². The molecule has 1 amide bonds. The lowest BCUT2D eigenvalue weighted by atomic mass is 9.97. The fourth-order valence-corrected chi connectivity index (χ4v) is 5.69. The molecule has 2 saturated carbocycles. The van der Waals surface area contributed by atoms with E-state index >= 15 is 0 Å². The minimum absolute atomic E-state index is 0.0124. The maximum Gasteiger partial charge on any atom is 0.417 e. The van der Waals surface area contributed by atoms with Crippen LogP contribution in [0.1, 0.15) is 25.3 Å².